The summed E-state index contributed by atoms with van der Waals surface area (Å²) in [5, 5.41) is 3.93. The third-order valence-electron chi connectivity index (χ3n) is 5.75. The molecule has 2 aromatic heterocycles. The van der Waals surface area contributed by atoms with E-state index in [0.29, 0.717) is 11.6 Å². The van der Waals surface area contributed by atoms with Crippen LogP contribution in [-0.4, -0.2) is 32.7 Å². The average Bonchev–Trinajstić information content (AvgIpc) is 3.55. The molecule has 0 atom stereocenters. The Morgan fingerprint density at radius 3 is 2.44 bits per heavy atom. The number of Topliss-reactive ketones (excluding diaryl/α,β-unsaturated/α-hetero) is 1. The maximum Gasteiger partial charge on any atom is 0.416 e. The number of rotatable bonds is 6. The van der Waals surface area contributed by atoms with E-state index >= 15 is 0 Å². The maximum absolute atomic E-state index is 13.1. The van der Waals surface area contributed by atoms with Gasteiger partial charge in [0.15, 0.2) is 6.61 Å². The SMILES string of the molecule is Cc1cc(=O)c(C(=O)OCC(=O)c2cc(C)n(C3CC3)c2C)nn1-c1cccc(C(F)(F)F)c1. The van der Waals surface area contributed by atoms with Crippen LogP contribution in [0.2, 0.25) is 0 Å². The third-order valence-corrected chi connectivity index (χ3v) is 5.75. The monoisotopic (exact) mass is 473 g/mol. The van der Waals surface area contributed by atoms with Crippen LogP contribution in [-0.2, 0) is 10.9 Å². The van der Waals surface area contributed by atoms with Gasteiger partial charge < -0.3 is 9.30 Å². The Labute approximate surface area is 192 Å². The van der Waals surface area contributed by atoms with Gasteiger partial charge in [0.1, 0.15) is 0 Å². The summed E-state index contributed by atoms with van der Waals surface area (Å²) in [6, 6.07) is 7.54. The standard InChI is InChI=1S/C24H22F3N3O4/c1-13-9-19(15(3)29(13)17-7-8-17)21(32)12-34-23(33)22-20(31)10-14(2)30(28-22)18-6-4-5-16(11-18)24(25,26)27/h4-6,9-11,17H,7-8,12H2,1-3H3. The van der Waals surface area contributed by atoms with E-state index in [2.05, 4.69) is 9.67 Å². The van der Waals surface area contributed by atoms with Gasteiger partial charge in [0.25, 0.3) is 0 Å². The highest BCUT2D eigenvalue weighted by atomic mass is 19.4. The first-order valence-electron chi connectivity index (χ1n) is 10.6. The minimum Gasteiger partial charge on any atom is -0.452 e. The minimum absolute atomic E-state index is 0.0185. The highest BCUT2D eigenvalue weighted by Crippen LogP contribution is 2.38. The van der Waals surface area contributed by atoms with E-state index in [-0.39, 0.29) is 11.4 Å². The first kappa shape index (κ1) is 23.5. The van der Waals surface area contributed by atoms with Crippen molar-refractivity contribution in [2.75, 3.05) is 6.61 Å². The summed E-state index contributed by atoms with van der Waals surface area (Å²) < 4.78 is 47.5. The van der Waals surface area contributed by atoms with Crippen molar-refractivity contribution in [2.45, 2.75) is 45.8 Å². The number of carbonyl (C=O) groups is 2. The molecule has 1 saturated carbocycles. The molecule has 1 aliphatic carbocycles. The van der Waals surface area contributed by atoms with Crippen LogP contribution in [0.5, 0.6) is 0 Å². The predicted octanol–water partition coefficient (Wildman–Crippen LogP) is 4.35. The van der Waals surface area contributed by atoms with Gasteiger partial charge in [-0.2, -0.15) is 18.3 Å². The summed E-state index contributed by atoms with van der Waals surface area (Å²) in [4.78, 5) is 37.6. The number of esters is 1. The van der Waals surface area contributed by atoms with Crippen molar-refractivity contribution >= 4 is 11.8 Å². The Balaban J connectivity index is 1.56. The Morgan fingerprint density at radius 2 is 1.79 bits per heavy atom. The Hall–Kier alpha value is -3.69. The van der Waals surface area contributed by atoms with Gasteiger partial charge in [0.2, 0.25) is 16.9 Å². The normalized spacial score (nSPS) is 13.7. The molecule has 34 heavy (non-hydrogen) atoms. The van der Waals surface area contributed by atoms with Gasteiger partial charge in [0.05, 0.1) is 11.3 Å². The van der Waals surface area contributed by atoms with Gasteiger partial charge in [-0.25, -0.2) is 9.48 Å². The van der Waals surface area contributed by atoms with Gasteiger partial charge in [-0.3, -0.25) is 9.59 Å². The van der Waals surface area contributed by atoms with Gasteiger partial charge in [-0.1, -0.05) is 6.07 Å². The molecule has 1 aromatic carbocycles. The average molecular weight is 473 g/mol. The third kappa shape index (κ3) is 4.52. The van der Waals surface area contributed by atoms with Crippen LogP contribution >= 0.6 is 0 Å². The number of halogens is 3. The summed E-state index contributed by atoms with van der Waals surface area (Å²) in [5.74, 6) is -1.55. The molecule has 1 aliphatic rings. The lowest BCUT2D eigenvalue weighted by Crippen LogP contribution is -2.26. The highest BCUT2D eigenvalue weighted by molar-refractivity contribution is 6.00. The van der Waals surface area contributed by atoms with Crippen LogP contribution in [0, 0.1) is 20.8 Å². The minimum atomic E-state index is -4.57. The molecule has 0 N–H and O–H groups in total. The Kier molecular flexibility index (Phi) is 5.93. The number of hydrogen-bond acceptors (Lipinski definition) is 5. The molecular formula is C24H22F3N3O4. The zero-order valence-corrected chi connectivity index (χ0v) is 18.8. The van der Waals surface area contributed by atoms with Gasteiger partial charge in [0, 0.05) is 34.8 Å². The molecule has 7 nitrogen and oxygen atoms in total. The van der Waals surface area contributed by atoms with Gasteiger partial charge >= 0.3 is 12.1 Å². The molecule has 0 radical (unpaired) electrons. The highest BCUT2D eigenvalue weighted by Gasteiger charge is 2.31. The summed E-state index contributed by atoms with van der Waals surface area (Å²) >= 11 is 0. The fraction of sp³-hybridized carbons (Fsp3) is 0.333. The molecule has 0 unspecified atom stereocenters. The second kappa shape index (κ2) is 8.58. The number of alkyl halides is 3. The zero-order chi connectivity index (χ0) is 24.8. The lowest BCUT2D eigenvalue weighted by molar-refractivity contribution is -0.137. The first-order chi connectivity index (χ1) is 16.0. The predicted molar refractivity (Wildman–Crippen MR) is 116 cm³/mol. The molecule has 178 valence electrons. The largest absolute Gasteiger partial charge is 0.452 e. The molecule has 10 heteroatoms. The second-order valence-corrected chi connectivity index (χ2v) is 8.34. The second-order valence-electron chi connectivity index (χ2n) is 8.34. The summed E-state index contributed by atoms with van der Waals surface area (Å²) in [7, 11) is 0. The van der Waals surface area contributed by atoms with Crippen molar-refractivity contribution in [2.24, 2.45) is 0 Å². The van der Waals surface area contributed by atoms with Crippen molar-refractivity contribution in [1.29, 1.82) is 0 Å². The molecule has 0 spiro atoms. The van der Waals surface area contributed by atoms with Crippen LogP contribution in [0.4, 0.5) is 13.2 Å². The molecule has 4 rings (SSSR count). The van der Waals surface area contributed by atoms with E-state index in [1.54, 1.807) is 6.07 Å². The molecule has 0 aliphatic heterocycles. The molecular weight excluding hydrogens is 451 g/mol. The Morgan fingerprint density at radius 1 is 1.09 bits per heavy atom. The van der Waals surface area contributed by atoms with Gasteiger partial charge in [-0.15, -0.1) is 0 Å². The molecule has 0 amide bonds. The molecule has 1 fully saturated rings. The Bertz CT molecular complexity index is 1350. The van der Waals surface area contributed by atoms with Crippen molar-refractivity contribution in [3.63, 3.8) is 0 Å². The quantitative estimate of drug-likeness (QED) is 0.393. The number of hydrogen-bond donors (Lipinski definition) is 0. The first-order valence-corrected chi connectivity index (χ1v) is 10.6. The van der Waals surface area contributed by atoms with Crippen LogP contribution in [0.1, 0.15) is 62.4 Å². The number of aryl methyl sites for hydroxylation is 2. The van der Waals surface area contributed by atoms with Crippen LogP contribution < -0.4 is 5.43 Å². The number of nitrogens with zero attached hydrogens (tertiary/aromatic N) is 3. The molecule has 0 bridgehead atoms. The summed E-state index contributed by atoms with van der Waals surface area (Å²) in [6.07, 6.45) is -2.47. The van der Waals surface area contributed by atoms with Crippen LogP contribution in [0.25, 0.3) is 5.69 Å². The van der Waals surface area contributed by atoms with Gasteiger partial charge in [-0.05, 0) is 57.9 Å². The number of ketones is 1. The van der Waals surface area contributed by atoms with Crippen molar-refractivity contribution in [1.82, 2.24) is 14.3 Å². The fourth-order valence-electron chi connectivity index (χ4n) is 4.00. The van der Waals surface area contributed by atoms with E-state index < -0.39 is 41.2 Å². The molecule has 2 heterocycles. The van der Waals surface area contributed by atoms with Crippen LogP contribution in [0.15, 0.2) is 41.2 Å². The maximum atomic E-state index is 13.1. The fourth-order valence-corrected chi connectivity index (χ4v) is 4.00. The smallest absolute Gasteiger partial charge is 0.416 e. The van der Waals surface area contributed by atoms with Crippen molar-refractivity contribution in [3.8, 4) is 5.69 Å². The summed E-state index contributed by atoms with van der Waals surface area (Å²) in [5.41, 5.74) is 0.137. The summed E-state index contributed by atoms with van der Waals surface area (Å²) in [6.45, 7) is 4.62. The van der Waals surface area contributed by atoms with E-state index in [1.165, 1.54) is 19.1 Å². The van der Waals surface area contributed by atoms with Crippen molar-refractivity contribution < 1.29 is 27.5 Å². The molecule has 3 aromatic rings. The van der Waals surface area contributed by atoms with E-state index in [0.717, 1.165) is 47.1 Å². The lowest BCUT2D eigenvalue weighted by Gasteiger charge is -2.13. The van der Waals surface area contributed by atoms with E-state index in [1.807, 2.05) is 13.8 Å². The van der Waals surface area contributed by atoms with E-state index in [4.69, 9.17) is 4.74 Å². The zero-order valence-electron chi connectivity index (χ0n) is 18.8. The van der Waals surface area contributed by atoms with E-state index in [9.17, 15) is 27.6 Å². The lowest BCUT2D eigenvalue weighted by atomic mass is 10.1. The number of benzene rings is 1. The van der Waals surface area contributed by atoms with Crippen molar-refractivity contribution in [3.05, 3.63) is 80.5 Å². The van der Waals surface area contributed by atoms with Crippen LogP contribution in [0.3, 0.4) is 0 Å². The molecule has 0 saturated heterocycles. The number of aromatic nitrogens is 3. The number of carbonyl (C=O) groups excluding carboxylic acids is 2. The number of ether oxygens (including phenoxy) is 1. The topological polar surface area (TPSA) is 83.2 Å².